The van der Waals surface area contributed by atoms with Gasteiger partial charge in [-0.1, -0.05) is 19.1 Å². The Kier molecular flexibility index (Phi) is 5.66. The van der Waals surface area contributed by atoms with Crippen molar-refractivity contribution in [2.75, 3.05) is 6.54 Å². The number of rotatable bonds is 5. The fraction of sp³-hybridized carbons (Fsp3) is 0.478. The lowest BCUT2D eigenvalue weighted by Crippen LogP contribution is -2.45. The number of aryl methyl sites for hydroxylation is 1. The van der Waals surface area contributed by atoms with E-state index in [2.05, 4.69) is 22.1 Å². The monoisotopic (exact) mass is 423 g/mol. The lowest BCUT2D eigenvalue weighted by Gasteiger charge is -2.37. The van der Waals surface area contributed by atoms with Crippen LogP contribution in [0.3, 0.4) is 0 Å². The molecule has 1 aliphatic heterocycles. The van der Waals surface area contributed by atoms with E-state index in [1.54, 1.807) is 19.3 Å². The van der Waals surface area contributed by atoms with Crippen LogP contribution in [-0.2, 0) is 5.60 Å². The first-order chi connectivity index (χ1) is 14.8. The van der Waals surface area contributed by atoms with Crippen LogP contribution in [0.15, 0.2) is 41.1 Å². The van der Waals surface area contributed by atoms with Crippen molar-refractivity contribution in [3.8, 4) is 5.69 Å². The summed E-state index contributed by atoms with van der Waals surface area (Å²) >= 11 is 0. The minimum Gasteiger partial charge on any atom is -0.445 e. The number of hydrogen-bond acceptors (Lipinski definition) is 6. The Morgan fingerprint density at radius 1 is 1.26 bits per heavy atom. The molecule has 3 atom stereocenters. The Hall–Kier alpha value is -3.00. The quantitative estimate of drug-likeness (QED) is 0.674. The van der Waals surface area contributed by atoms with Crippen LogP contribution in [-0.4, -0.2) is 48.5 Å². The summed E-state index contributed by atoms with van der Waals surface area (Å²) in [6.45, 7) is 8.08. The van der Waals surface area contributed by atoms with Crippen LogP contribution >= 0.6 is 0 Å². The summed E-state index contributed by atoms with van der Waals surface area (Å²) in [5.41, 5.74) is 0.764. The number of amides is 1. The highest BCUT2D eigenvalue weighted by molar-refractivity contribution is 5.98. The molecule has 31 heavy (non-hydrogen) atoms. The van der Waals surface area contributed by atoms with Crippen LogP contribution < -0.4 is 0 Å². The van der Waals surface area contributed by atoms with Gasteiger partial charge in [-0.05, 0) is 52.2 Å². The molecule has 0 unspecified atom stereocenters. The molecule has 3 heterocycles. The van der Waals surface area contributed by atoms with E-state index >= 15 is 0 Å². The molecule has 1 amide bonds. The molecular formula is C23H29N5O3. The normalized spacial score (nSPS) is 21.1. The predicted molar refractivity (Wildman–Crippen MR) is 115 cm³/mol. The Morgan fingerprint density at radius 2 is 1.97 bits per heavy atom. The van der Waals surface area contributed by atoms with E-state index < -0.39 is 5.60 Å². The Bertz CT molecular complexity index is 1060. The molecule has 0 saturated carbocycles. The third-order valence-corrected chi connectivity index (χ3v) is 6.27. The fourth-order valence-corrected chi connectivity index (χ4v) is 4.17. The smallest absolute Gasteiger partial charge is 0.256 e. The second kappa shape index (κ2) is 8.26. The Labute approximate surface area is 181 Å². The zero-order valence-electron chi connectivity index (χ0n) is 18.4. The minimum atomic E-state index is -1.03. The largest absolute Gasteiger partial charge is 0.445 e. The maximum atomic E-state index is 13.5. The summed E-state index contributed by atoms with van der Waals surface area (Å²) in [6.07, 6.45) is 5.45. The molecule has 0 spiro atoms. The van der Waals surface area contributed by atoms with E-state index in [0.29, 0.717) is 41.6 Å². The number of aliphatic hydroxyl groups is 1. The zero-order valence-corrected chi connectivity index (χ0v) is 18.4. The maximum Gasteiger partial charge on any atom is 0.256 e. The van der Waals surface area contributed by atoms with Gasteiger partial charge in [0.15, 0.2) is 5.89 Å². The van der Waals surface area contributed by atoms with Gasteiger partial charge in [-0.2, -0.15) is 15.0 Å². The topological polar surface area (TPSA) is 97.3 Å². The van der Waals surface area contributed by atoms with E-state index in [1.807, 2.05) is 43.0 Å². The van der Waals surface area contributed by atoms with E-state index in [9.17, 15) is 9.90 Å². The van der Waals surface area contributed by atoms with Gasteiger partial charge in [0.2, 0.25) is 0 Å². The van der Waals surface area contributed by atoms with Crippen molar-refractivity contribution in [2.24, 2.45) is 0 Å². The summed E-state index contributed by atoms with van der Waals surface area (Å²) in [5.74, 6) is 1.14. The molecule has 164 valence electrons. The number of para-hydroxylation sites is 1. The first kappa shape index (κ1) is 21.2. The van der Waals surface area contributed by atoms with Gasteiger partial charge in [0.05, 0.1) is 29.6 Å². The first-order valence-corrected chi connectivity index (χ1v) is 10.8. The summed E-state index contributed by atoms with van der Waals surface area (Å²) in [4.78, 5) is 21.5. The van der Waals surface area contributed by atoms with Gasteiger partial charge < -0.3 is 14.4 Å². The molecule has 1 aliphatic rings. The van der Waals surface area contributed by atoms with Gasteiger partial charge in [-0.25, -0.2) is 4.98 Å². The van der Waals surface area contributed by atoms with Gasteiger partial charge in [-0.3, -0.25) is 4.79 Å². The van der Waals surface area contributed by atoms with Crippen LogP contribution in [0.25, 0.3) is 5.69 Å². The number of aromatic nitrogens is 4. The lowest BCUT2D eigenvalue weighted by atomic mass is 9.92. The van der Waals surface area contributed by atoms with Crippen LogP contribution in [0.2, 0.25) is 0 Å². The second-order valence-corrected chi connectivity index (χ2v) is 8.50. The molecule has 8 heteroatoms. The van der Waals surface area contributed by atoms with Gasteiger partial charge in [0, 0.05) is 12.6 Å². The molecule has 2 aromatic heterocycles. The van der Waals surface area contributed by atoms with Crippen LogP contribution in [0.5, 0.6) is 0 Å². The van der Waals surface area contributed by atoms with Crippen molar-refractivity contribution >= 4 is 5.91 Å². The standard InChI is InChI=1S/C23H29N5O3/c1-5-23(4,30)20-16(3)31-21(26-20)17-11-10-15(2)27(14-17)22(29)18-8-6-7-9-19(18)28-24-12-13-25-28/h6-9,12-13,15,17,30H,5,10-11,14H2,1-4H3/t15-,17-,23-/m1/s1. The molecule has 1 fully saturated rings. The summed E-state index contributed by atoms with van der Waals surface area (Å²) < 4.78 is 5.96. The van der Waals surface area contributed by atoms with Crippen LogP contribution in [0.1, 0.15) is 73.7 Å². The van der Waals surface area contributed by atoms with Crippen molar-refractivity contribution in [3.05, 3.63) is 59.6 Å². The number of piperidine rings is 1. The highest BCUT2D eigenvalue weighted by Crippen LogP contribution is 2.35. The molecule has 0 aliphatic carbocycles. The molecule has 1 saturated heterocycles. The molecule has 0 radical (unpaired) electrons. The van der Waals surface area contributed by atoms with Gasteiger partial charge in [0.1, 0.15) is 17.1 Å². The van der Waals surface area contributed by atoms with Crippen molar-refractivity contribution in [3.63, 3.8) is 0 Å². The summed E-state index contributed by atoms with van der Waals surface area (Å²) in [7, 11) is 0. The number of nitrogens with zero attached hydrogens (tertiary/aromatic N) is 5. The fourth-order valence-electron chi connectivity index (χ4n) is 4.17. The number of oxazole rings is 1. The summed E-state index contributed by atoms with van der Waals surface area (Å²) in [6, 6.07) is 7.47. The van der Waals surface area contributed by atoms with E-state index in [4.69, 9.17) is 4.42 Å². The van der Waals surface area contributed by atoms with Crippen molar-refractivity contribution in [2.45, 2.75) is 64.5 Å². The van der Waals surface area contributed by atoms with Gasteiger partial charge in [0.25, 0.3) is 5.91 Å². The molecule has 0 bridgehead atoms. The number of likely N-dealkylation sites (tertiary alicyclic amines) is 1. The average Bonchev–Trinajstić information content (AvgIpc) is 3.44. The van der Waals surface area contributed by atoms with Gasteiger partial charge >= 0.3 is 0 Å². The van der Waals surface area contributed by atoms with Gasteiger partial charge in [-0.15, -0.1) is 0 Å². The second-order valence-electron chi connectivity index (χ2n) is 8.50. The predicted octanol–water partition coefficient (Wildman–Crippen LogP) is 3.59. The molecule has 1 N–H and O–H groups in total. The van der Waals surface area contributed by atoms with Crippen LogP contribution in [0, 0.1) is 6.92 Å². The number of carbonyl (C=O) groups excluding carboxylic acids is 1. The van der Waals surface area contributed by atoms with Crippen LogP contribution in [0.4, 0.5) is 0 Å². The number of carbonyl (C=O) groups is 1. The van der Waals surface area contributed by atoms with Crippen molar-refractivity contribution < 1.29 is 14.3 Å². The highest BCUT2D eigenvalue weighted by atomic mass is 16.4. The Morgan fingerprint density at radius 3 is 2.68 bits per heavy atom. The minimum absolute atomic E-state index is 0.0183. The third-order valence-electron chi connectivity index (χ3n) is 6.27. The highest BCUT2D eigenvalue weighted by Gasteiger charge is 2.36. The van der Waals surface area contributed by atoms with E-state index in [-0.39, 0.29) is 17.9 Å². The molecule has 8 nitrogen and oxygen atoms in total. The molecule has 3 aromatic rings. The lowest BCUT2D eigenvalue weighted by molar-refractivity contribution is 0.0473. The third kappa shape index (κ3) is 3.99. The Balaban J connectivity index is 1.61. The molecule has 4 rings (SSSR count). The van der Waals surface area contributed by atoms with Crippen molar-refractivity contribution in [1.29, 1.82) is 0 Å². The maximum absolute atomic E-state index is 13.5. The van der Waals surface area contributed by atoms with E-state index in [0.717, 1.165) is 12.8 Å². The van der Waals surface area contributed by atoms with Crippen molar-refractivity contribution in [1.82, 2.24) is 24.9 Å². The number of benzene rings is 1. The van der Waals surface area contributed by atoms with E-state index in [1.165, 1.54) is 4.80 Å². The average molecular weight is 424 g/mol. The molecule has 1 aromatic carbocycles. The first-order valence-electron chi connectivity index (χ1n) is 10.8. The molecular weight excluding hydrogens is 394 g/mol. The summed E-state index contributed by atoms with van der Waals surface area (Å²) in [5, 5.41) is 19.0. The zero-order chi connectivity index (χ0) is 22.2. The SMILES string of the molecule is CC[C@@](C)(O)c1nc([C@@H]2CC[C@@H](C)N(C(=O)c3ccccc3-n3nccn3)C2)oc1C. The number of hydrogen-bond donors (Lipinski definition) is 1.